The molecule has 5 heterocycles. The van der Waals surface area contributed by atoms with Crippen molar-refractivity contribution in [3.8, 4) is 11.5 Å². The predicted molar refractivity (Wildman–Crippen MR) is 185 cm³/mol. The lowest BCUT2D eigenvalue weighted by atomic mass is 9.52. The molecular weight excluding hydrogens is 622 g/mol. The standard InChI is InChI=1S/C39H45N3O7/c1-20(25-18-31(44)34-32-27(25)17-29-28-7-8-30(43)35(48-34)39(28,32)11-14-40(29)6)33-21(2)26(36(45)46)16-24-15-23(19-42(24)33)22-9-12-41(13-10-22)37(47)49-38(3,4)5/h7-9,15-16,18-20,28-30,35,43-44H,10-14,17H2,1-6H3,(H,45,46)/t20?,28-,29+,30-,35-,39-/m0/s1. The molecule has 1 amide bonds. The molecule has 1 unspecified atom stereocenters. The van der Waals surface area contributed by atoms with Gasteiger partial charge in [-0.1, -0.05) is 25.2 Å². The molecule has 3 aromatic rings. The molecule has 10 heteroatoms. The van der Waals surface area contributed by atoms with Gasteiger partial charge in [-0.15, -0.1) is 0 Å². The highest BCUT2D eigenvalue weighted by molar-refractivity contribution is 5.92. The molecule has 258 valence electrons. The minimum atomic E-state index is -0.990. The van der Waals surface area contributed by atoms with Gasteiger partial charge in [0.05, 0.1) is 5.56 Å². The van der Waals surface area contributed by atoms with Gasteiger partial charge in [0.15, 0.2) is 11.5 Å². The zero-order chi connectivity index (χ0) is 34.7. The molecule has 6 atom stereocenters. The SMILES string of the molecule is Cc1c(C(=O)O)cc2cc(C3=CCN(C(=O)OC(C)(C)C)CC3)cn2c1C(C)c1cc(O)c2c3c1C[C@@H]1[C@@H]4C=C[C@H](O)[C@H](O2)[C@]34CCN1C. The number of phenols is 1. The van der Waals surface area contributed by atoms with Gasteiger partial charge in [-0.25, -0.2) is 9.59 Å². The summed E-state index contributed by atoms with van der Waals surface area (Å²) in [6.07, 6.45) is 8.80. The van der Waals surface area contributed by atoms with Gasteiger partial charge in [0.25, 0.3) is 0 Å². The number of ether oxygens (including phenoxy) is 2. The van der Waals surface area contributed by atoms with Gasteiger partial charge in [-0.2, -0.15) is 0 Å². The number of likely N-dealkylation sites (tertiary alicyclic amines) is 1. The van der Waals surface area contributed by atoms with E-state index in [1.54, 1.807) is 17.0 Å². The topological polar surface area (TPSA) is 124 Å². The van der Waals surface area contributed by atoms with Crippen LogP contribution in [0.15, 0.2) is 42.6 Å². The lowest BCUT2D eigenvalue weighted by Gasteiger charge is -2.56. The monoisotopic (exact) mass is 667 g/mol. The van der Waals surface area contributed by atoms with Crippen molar-refractivity contribution in [2.75, 3.05) is 26.7 Å². The number of carboxylic acid groups (broad SMARTS) is 1. The normalized spacial score (nSPS) is 27.8. The van der Waals surface area contributed by atoms with Crippen LogP contribution >= 0.6 is 0 Å². The third-order valence-corrected chi connectivity index (χ3v) is 11.8. The molecule has 3 N–H and O–H groups in total. The molecule has 1 spiro atoms. The van der Waals surface area contributed by atoms with Gasteiger partial charge in [-0.05, 0) is 107 Å². The number of rotatable bonds is 4. The van der Waals surface area contributed by atoms with Crippen molar-refractivity contribution in [3.63, 3.8) is 0 Å². The minimum Gasteiger partial charge on any atom is -0.504 e. The molecule has 2 bridgehead atoms. The third-order valence-electron chi connectivity index (χ3n) is 11.8. The summed E-state index contributed by atoms with van der Waals surface area (Å²) in [6.45, 7) is 11.4. The fourth-order valence-corrected chi connectivity index (χ4v) is 9.61. The second-order valence-corrected chi connectivity index (χ2v) is 15.7. The van der Waals surface area contributed by atoms with E-state index in [1.807, 2.05) is 45.9 Å². The van der Waals surface area contributed by atoms with Crippen molar-refractivity contribution in [3.05, 3.63) is 81.7 Å². The quantitative estimate of drug-likeness (QED) is 0.306. The molecule has 5 aliphatic rings. The number of pyridine rings is 1. The fourth-order valence-electron chi connectivity index (χ4n) is 9.61. The van der Waals surface area contributed by atoms with Crippen LogP contribution in [0.25, 0.3) is 11.1 Å². The molecule has 2 aromatic heterocycles. The van der Waals surface area contributed by atoms with Crippen molar-refractivity contribution < 1.29 is 34.4 Å². The van der Waals surface area contributed by atoms with E-state index in [1.165, 1.54) is 0 Å². The Kier molecular flexibility index (Phi) is 7.08. The molecule has 3 aliphatic heterocycles. The highest BCUT2D eigenvalue weighted by Gasteiger charge is 2.64. The van der Waals surface area contributed by atoms with Gasteiger partial charge < -0.3 is 39.0 Å². The molecule has 0 saturated carbocycles. The zero-order valence-corrected chi connectivity index (χ0v) is 29.0. The summed E-state index contributed by atoms with van der Waals surface area (Å²) < 4.78 is 14.1. The molecule has 1 saturated heterocycles. The molecule has 49 heavy (non-hydrogen) atoms. The van der Waals surface area contributed by atoms with Crippen LogP contribution in [0.5, 0.6) is 11.5 Å². The number of hydrogen-bond acceptors (Lipinski definition) is 7. The van der Waals surface area contributed by atoms with Crippen LogP contribution in [0.4, 0.5) is 4.79 Å². The van der Waals surface area contributed by atoms with Crippen LogP contribution in [0.3, 0.4) is 0 Å². The van der Waals surface area contributed by atoms with E-state index in [9.17, 15) is 24.9 Å². The highest BCUT2D eigenvalue weighted by atomic mass is 16.6. The van der Waals surface area contributed by atoms with Crippen LogP contribution in [-0.2, 0) is 16.6 Å². The van der Waals surface area contributed by atoms with E-state index >= 15 is 0 Å². The maximum absolute atomic E-state index is 12.7. The van der Waals surface area contributed by atoms with Crippen molar-refractivity contribution in [1.82, 2.24) is 14.2 Å². The summed E-state index contributed by atoms with van der Waals surface area (Å²) in [5.41, 5.74) is 6.72. The number of benzene rings is 1. The van der Waals surface area contributed by atoms with Crippen LogP contribution in [0.2, 0.25) is 0 Å². The Hall–Kier alpha value is -4.28. The number of carbonyl (C=O) groups excluding carboxylic acids is 1. The number of phenolic OH excluding ortho intramolecular Hbond substituents is 1. The Morgan fingerprint density at radius 1 is 1.14 bits per heavy atom. The number of aliphatic hydroxyl groups is 1. The van der Waals surface area contributed by atoms with Gasteiger partial charge in [-0.3, -0.25) is 0 Å². The minimum absolute atomic E-state index is 0.0612. The number of carboxylic acids is 1. The van der Waals surface area contributed by atoms with Crippen LogP contribution in [-0.4, -0.2) is 92.1 Å². The summed E-state index contributed by atoms with van der Waals surface area (Å²) in [6, 6.07) is 5.77. The lowest BCUT2D eigenvalue weighted by Crippen LogP contribution is -2.64. The number of aromatic hydroxyl groups is 1. The second kappa shape index (κ2) is 10.9. The molecule has 0 radical (unpaired) electrons. The van der Waals surface area contributed by atoms with E-state index in [0.717, 1.165) is 58.4 Å². The molecule has 10 nitrogen and oxygen atoms in total. The number of aromatic nitrogens is 1. The predicted octanol–water partition coefficient (Wildman–Crippen LogP) is 5.63. The van der Waals surface area contributed by atoms with E-state index in [2.05, 4.69) is 35.5 Å². The van der Waals surface area contributed by atoms with Crippen LogP contribution in [0, 0.1) is 12.8 Å². The number of nitrogens with zero attached hydrogens (tertiary/aromatic N) is 3. The number of hydrogen-bond donors (Lipinski definition) is 3. The molecule has 8 rings (SSSR count). The number of aliphatic hydroxyl groups excluding tert-OH is 1. The first-order chi connectivity index (χ1) is 23.2. The lowest BCUT2D eigenvalue weighted by molar-refractivity contribution is -0.0454. The van der Waals surface area contributed by atoms with Crippen molar-refractivity contribution in [2.24, 2.45) is 5.92 Å². The van der Waals surface area contributed by atoms with E-state index in [-0.39, 0.29) is 35.3 Å². The zero-order valence-electron chi connectivity index (χ0n) is 29.0. The Morgan fingerprint density at radius 2 is 1.92 bits per heavy atom. The van der Waals surface area contributed by atoms with Gasteiger partial charge in [0.2, 0.25) is 0 Å². The van der Waals surface area contributed by atoms with E-state index in [0.29, 0.717) is 30.8 Å². The van der Waals surface area contributed by atoms with Crippen molar-refractivity contribution >= 4 is 23.2 Å². The molecule has 1 aromatic carbocycles. The first-order valence-electron chi connectivity index (χ1n) is 17.4. The summed E-state index contributed by atoms with van der Waals surface area (Å²) >= 11 is 0. The van der Waals surface area contributed by atoms with Gasteiger partial charge in [0.1, 0.15) is 17.8 Å². The van der Waals surface area contributed by atoms with Gasteiger partial charge >= 0.3 is 12.1 Å². The number of piperidine rings is 1. The highest BCUT2D eigenvalue weighted by Crippen LogP contribution is 2.63. The van der Waals surface area contributed by atoms with Crippen molar-refractivity contribution in [1.29, 1.82) is 0 Å². The Morgan fingerprint density at radius 3 is 2.61 bits per heavy atom. The largest absolute Gasteiger partial charge is 0.504 e. The van der Waals surface area contributed by atoms with E-state index in [4.69, 9.17) is 9.47 Å². The average molecular weight is 668 g/mol. The number of carbonyl (C=O) groups is 2. The number of aromatic carboxylic acids is 1. The number of likely N-dealkylation sites (N-methyl/N-ethyl adjacent to an activating group) is 1. The fraction of sp³-hybridized carbons (Fsp3) is 0.487. The van der Waals surface area contributed by atoms with Crippen LogP contribution < -0.4 is 4.74 Å². The summed E-state index contributed by atoms with van der Waals surface area (Å²) in [7, 11) is 2.16. The van der Waals surface area contributed by atoms with Crippen molar-refractivity contribution in [2.45, 2.75) is 89.1 Å². The third kappa shape index (κ3) is 4.66. The second-order valence-electron chi connectivity index (χ2n) is 15.7. The number of fused-ring (bicyclic) bond motifs is 1. The average Bonchev–Trinajstić information content (AvgIpc) is 3.63. The Labute approximate surface area is 286 Å². The number of amides is 1. The first kappa shape index (κ1) is 32.0. The first-order valence-corrected chi connectivity index (χ1v) is 17.4. The molecule has 1 fully saturated rings. The molecule has 2 aliphatic carbocycles. The maximum atomic E-state index is 12.7. The summed E-state index contributed by atoms with van der Waals surface area (Å²) in [4.78, 5) is 29.4. The Bertz CT molecular complexity index is 1990. The molecular formula is C39H45N3O7. The van der Waals surface area contributed by atoms with Crippen LogP contribution in [0.1, 0.15) is 90.3 Å². The summed E-state index contributed by atoms with van der Waals surface area (Å²) in [5.74, 6) is -0.564. The maximum Gasteiger partial charge on any atom is 0.410 e. The van der Waals surface area contributed by atoms with E-state index < -0.39 is 29.2 Å². The smallest absolute Gasteiger partial charge is 0.410 e. The van der Waals surface area contributed by atoms with Gasteiger partial charge in [0, 0.05) is 59.4 Å². The summed E-state index contributed by atoms with van der Waals surface area (Å²) in [5, 5.41) is 33.0. The Balaban J connectivity index is 1.24.